The summed E-state index contributed by atoms with van der Waals surface area (Å²) in [4.78, 5) is 74.1. The maximum absolute atomic E-state index is 12.1. The van der Waals surface area contributed by atoms with Gasteiger partial charge in [-0.15, -0.1) is 0 Å². The summed E-state index contributed by atoms with van der Waals surface area (Å²) < 4.78 is 38.4. The predicted octanol–water partition coefficient (Wildman–Crippen LogP) is -13.7. The Labute approximate surface area is 275 Å². The number of phosphoric ester groups is 1. The van der Waals surface area contributed by atoms with Crippen LogP contribution in [0.1, 0.15) is 19.1 Å². The molecule has 0 aliphatic carbocycles. The number of rotatable bonds is 9. The summed E-state index contributed by atoms with van der Waals surface area (Å²) in [7, 11) is -11.4. The van der Waals surface area contributed by atoms with Crippen LogP contribution in [0.15, 0.2) is 17.1 Å². The zero-order valence-electron chi connectivity index (χ0n) is 20.1. The van der Waals surface area contributed by atoms with E-state index in [-0.39, 0.29) is 107 Å². The summed E-state index contributed by atoms with van der Waals surface area (Å²) in [5.41, 5.74) is 4.43. The van der Waals surface area contributed by atoms with Gasteiger partial charge in [-0.2, -0.15) is 4.98 Å². The number of carbonyl (C=O) groups excluding carboxylic acids is 2. The van der Waals surface area contributed by atoms with Crippen molar-refractivity contribution in [2.24, 2.45) is 0 Å². The molecule has 17 nitrogen and oxygen atoms in total. The molecular formula is C15H19N4Na3O13P2. The van der Waals surface area contributed by atoms with Crippen LogP contribution in [0.2, 0.25) is 0 Å². The maximum Gasteiger partial charge on any atom is 1.00 e. The molecule has 3 heterocycles. The summed E-state index contributed by atoms with van der Waals surface area (Å²) >= 11 is 0. The van der Waals surface area contributed by atoms with Gasteiger partial charge in [0, 0.05) is 19.0 Å². The molecule has 3 rings (SSSR count). The quantitative estimate of drug-likeness (QED) is 0.136. The Bertz CT molecular complexity index is 1110. The van der Waals surface area contributed by atoms with Crippen molar-refractivity contribution >= 4 is 33.1 Å². The number of hydrogen-bond donors (Lipinski definition) is 3. The Balaban J connectivity index is 0.00000432. The number of nitrogens with zero attached hydrogens (tertiary/aromatic N) is 3. The maximum atomic E-state index is 12.1. The third kappa shape index (κ3) is 9.78. The van der Waals surface area contributed by atoms with Gasteiger partial charge in [0.05, 0.1) is 13.2 Å². The van der Waals surface area contributed by atoms with Crippen LogP contribution in [-0.4, -0.2) is 73.8 Å². The number of aliphatic hydroxyl groups is 2. The number of nitrogen functional groups attached to an aromatic ring is 1. The second-order valence-electron chi connectivity index (χ2n) is 7.33. The van der Waals surface area contributed by atoms with Crippen LogP contribution in [0.25, 0.3) is 0 Å². The van der Waals surface area contributed by atoms with Crippen molar-refractivity contribution in [2.45, 2.75) is 43.2 Å². The van der Waals surface area contributed by atoms with Crippen molar-refractivity contribution in [1.29, 1.82) is 0 Å². The first-order valence-corrected chi connectivity index (χ1v) is 12.6. The number of hydrogen-bond acceptors (Lipinski definition) is 15. The smallest absolute Gasteiger partial charge is 0.809 e. The number of ether oxygens (including phenoxy) is 1. The van der Waals surface area contributed by atoms with Gasteiger partial charge >= 0.3 is 94.4 Å². The van der Waals surface area contributed by atoms with Gasteiger partial charge in [0.25, 0.3) is 7.82 Å². The van der Waals surface area contributed by atoms with Gasteiger partial charge < -0.3 is 49.0 Å². The first-order valence-electron chi connectivity index (χ1n) is 9.55. The van der Waals surface area contributed by atoms with E-state index in [0.29, 0.717) is 4.90 Å². The van der Waals surface area contributed by atoms with Crippen LogP contribution in [0.5, 0.6) is 0 Å². The first kappa shape index (κ1) is 38.0. The average molecular weight is 594 g/mol. The number of likely N-dealkylation sites (tertiary alicyclic amines) is 1. The van der Waals surface area contributed by atoms with E-state index in [1.807, 2.05) is 0 Å². The Morgan fingerprint density at radius 1 is 1.11 bits per heavy atom. The average Bonchev–Trinajstić information content (AvgIpc) is 3.19. The SMILES string of the molecule is Nc1ccn([C@@H]2O[C@H](COP(=O)([O-])OC(CN3C(=O)CCC3=O)P(=O)([O-])[O-])[C@@H](O)[C@H]2O)c(=O)n1.[Na+].[Na+].[Na+]. The standard InChI is InChI=1S/C15H22N4O13P2.3Na/c16-8-3-4-18(15(24)17-8)14-13(23)12(22)7(31-14)6-30-34(28,29)32-11(33(25,26)27)5-19-9(20)1-2-10(19)21;;;/h3-4,7,11-14,22-23H,1-2,5-6H2,(H,28,29)(H2,16,17,24)(H2,25,26,27);;;/q;3*+1/p-3/t7-,11?,12-,13-,14-;;;/m1.../s1. The normalized spacial score (nSPS) is 26.0. The molecule has 1 aromatic heterocycles. The summed E-state index contributed by atoms with van der Waals surface area (Å²) in [5.74, 6) is -4.42. The molecule has 22 heteroatoms. The minimum Gasteiger partial charge on any atom is -0.809 e. The van der Waals surface area contributed by atoms with Crippen molar-refractivity contribution in [3.63, 3.8) is 0 Å². The molecule has 190 valence electrons. The molecule has 2 unspecified atom stereocenters. The van der Waals surface area contributed by atoms with Gasteiger partial charge in [-0.25, -0.2) is 4.79 Å². The molecule has 2 amide bonds. The van der Waals surface area contributed by atoms with Crippen LogP contribution < -0.4 is 115 Å². The molecule has 0 spiro atoms. The van der Waals surface area contributed by atoms with E-state index in [9.17, 15) is 48.4 Å². The molecule has 0 radical (unpaired) electrons. The van der Waals surface area contributed by atoms with Crippen molar-refractivity contribution < 1.29 is 146 Å². The van der Waals surface area contributed by atoms with E-state index in [1.165, 1.54) is 6.07 Å². The number of carbonyl (C=O) groups is 2. The Hall–Kier alpha value is 0.960. The van der Waals surface area contributed by atoms with Gasteiger partial charge in [0.15, 0.2) is 6.23 Å². The van der Waals surface area contributed by atoms with Crippen LogP contribution in [0, 0.1) is 0 Å². The minimum absolute atomic E-state index is 0. The second-order valence-corrected chi connectivity index (χ2v) is 10.3. The summed E-state index contributed by atoms with van der Waals surface area (Å²) in [6.45, 7) is -2.18. The number of phosphoric acid groups is 1. The van der Waals surface area contributed by atoms with Gasteiger partial charge in [0.1, 0.15) is 30.0 Å². The number of nitrogens with two attached hydrogens (primary N) is 1. The molecule has 6 atom stereocenters. The fourth-order valence-corrected chi connectivity index (χ4v) is 5.16. The molecule has 0 saturated carbocycles. The van der Waals surface area contributed by atoms with Crippen molar-refractivity contribution in [2.75, 3.05) is 18.9 Å². The molecule has 2 saturated heterocycles. The van der Waals surface area contributed by atoms with Gasteiger partial charge in [-0.05, 0) is 13.7 Å². The van der Waals surface area contributed by atoms with E-state index in [0.717, 1.165) is 10.8 Å². The molecule has 4 N–H and O–H groups in total. The largest absolute Gasteiger partial charge is 1.00 e. The monoisotopic (exact) mass is 594 g/mol. The number of anilines is 1. The molecule has 2 aliphatic rings. The first-order chi connectivity index (χ1) is 15.7. The van der Waals surface area contributed by atoms with E-state index in [4.69, 9.17) is 10.5 Å². The van der Waals surface area contributed by atoms with Crippen LogP contribution in [-0.2, 0) is 32.5 Å². The Kier molecular flexibility index (Phi) is 15.7. The predicted molar refractivity (Wildman–Crippen MR) is 101 cm³/mol. The van der Waals surface area contributed by atoms with Crippen molar-refractivity contribution in [3.05, 3.63) is 22.7 Å². The number of amides is 2. The number of aliphatic hydroxyl groups excluding tert-OH is 2. The van der Waals surface area contributed by atoms with E-state index in [1.54, 1.807) is 0 Å². The van der Waals surface area contributed by atoms with Crippen molar-refractivity contribution in [1.82, 2.24) is 14.5 Å². The molecule has 1 aromatic rings. The summed E-state index contributed by atoms with van der Waals surface area (Å²) in [5, 5.41) is 20.3. The molecule has 2 aliphatic heterocycles. The van der Waals surface area contributed by atoms with Gasteiger partial charge in [0.2, 0.25) is 11.8 Å². The third-order valence-corrected chi connectivity index (χ3v) is 7.08. The zero-order valence-corrected chi connectivity index (χ0v) is 27.9. The summed E-state index contributed by atoms with van der Waals surface area (Å²) in [6.07, 6.45) is -5.93. The topological polar surface area (TPSA) is 270 Å². The Morgan fingerprint density at radius 2 is 1.68 bits per heavy atom. The molecule has 0 bridgehead atoms. The fraction of sp³-hybridized carbons (Fsp3) is 0.600. The third-order valence-electron chi connectivity index (χ3n) is 4.96. The molecule has 0 aromatic carbocycles. The minimum atomic E-state index is -5.80. The zero-order chi connectivity index (χ0) is 25.4. The molecule has 2 fully saturated rings. The van der Waals surface area contributed by atoms with Crippen LogP contribution in [0.4, 0.5) is 5.82 Å². The van der Waals surface area contributed by atoms with Crippen LogP contribution in [0.3, 0.4) is 0 Å². The van der Waals surface area contributed by atoms with E-state index < -0.39 is 76.5 Å². The van der Waals surface area contributed by atoms with Gasteiger partial charge in [-0.3, -0.25) is 23.6 Å². The molecule has 37 heavy (non-hydrogen) atoms. The summed E-state index contributed by atoms with van der Waals surface area (Å²) in [6, 6.07) is 1.20. The Morgan fingerprint density at radius 3 is 2.19 bits per heavy atom. The second kappa shape index (κ2) is 15.3. The fourth-order valence-electron chi connectivity index (χ4n) is 3.23. The van der Waals surface area contributed by atoms with Gasteiger partial charge in [-0.1, -0.05) is 0 Å². The van der Waals surface area contributed by atoms with E-state index in [2.05, 4.69) is 14.0 Å². The van der Waals surface area contributed by atoms with E-state index >= 15 is 0 Å². The van der Waals surface area contributed by atoms with Crippen molar-refractivity contribution in [3.8, 4) is 0 Å². The van der Waals surface area contributed by atoms with Crippen LogP contribution >= 0.6 is 15.4 Å². The molecular weight excluding hydrogens is 575 g/mol. The number of aromatic nitrogens is 2. The number of imide groups is 1.